The van der Waals surface area contributed by atoms with Crippen LogP contribution in [0.25, 0.3) is 0 Å². The van der Waals surface area contributed by atoms with Gasteiger partial charge >= 0.3 is 0 Å². The molecule has 1 heterocycles. The molecule has 1 aliphatic rings. The molecule has 2 aromatic rings. The number of hydrogen-bond donors (Lipinski definition) is 1. The molecule has 1 N–H and O–H groups in total. The number of nitrogens with zero attached hydrogens (tertiary/aromatic N) is 2. The minimum Gasteiger partial charge on any atom is -0.337 e. The first-order chi connectivity index (χ1) is 13.9. The summed E-state index contributed by atoms with van der Waals surface area (Å²) in [6.45, 7) is 5.29. The third kappa shape index (κ3) is 5.84. The number of benzene rings is 2. The van der Waals surface area contributed by atoms with E-state index in [1.54, 1.807) is 0 Å². The number of aryl methyl sites for hydroxylation is 1. The second-order valence-corrected chi connectivity index (χ2v) is 7.28. The van der Waals surface area contributed by atoms with Crippen molar-refractivity contribution in [2.24, 2.45) is 0 Å². The molecule has 0 aromatic heterocycles. The zero-order valence-corrected chi connectivity index (χ0v) is 16.5. The number of carbonyl (C=O) groups is 2. The average Bonchev–Trinajstić information content (AvgIpc) is 2.94. The van der Waals surface area contributed by atoms with Gasteiger partial charge in [0.15, 0.2) is 11.6 Å². The van der Waals surface area contributed by atoms with Gasteiger partial charge in [0, 0.05) is 49.9 Å². The Morgan fingerprint density at radius 2 is 1.83 bits per heavy atom. The molecule has 154 valence electrons. The van der Waals surface area contributed by atoms with Crippen molar-refractivity contribution in [3.05, 3.63) is 65.2 Å². The number of amides is 2. The van der Waals surface area contributed by atoms with E-state index in [9.17, 15) is 18.4 Å². The van der Waals surface area contributed by atoms with E-state index in [0.717, 1.165) is 30.7 Å². The first-order valence-electron chi connectivity index (χ1n) is 9.75. The van der Waals surface area contributed by atoms with Gasteiger partial charge in [0.1, 0.15) is 0 Å². The highest BCUT2D eigenvalue weighted by atomic mass is 19.2. The molecular formula is C22H25F2N3O2. The summed E-state index contributed by atoms with van der Waals surface area (Å²) in [5, 5.41) is 2.58. The van der Waals surface area contributed by atoms with E-state index in [2.05, 4.69) is 10.2 Å². The van der Waals surface area contributed by atoms with Crippen LogP contribution in [0.1, 0.15) is 28.8 Å². The Labute approximate surface area is 169 Å². The van der Waals surface area contributed by atoms with Gasteiger partial charge in [0.25, 0.3) is 5.91 Å². The second kappa shape index (κ2) is 9.60. The lowest BCUT2D eigenvalue weighted by atomic mass is 10.1. The largest absolute Gasteiger partial charge is 0.337 e. The fourth-order valence-corrected chi connectivity index (χ4v) is 3.42. The van der Waals surface area contributed by atoms with Gasteiger partial charge in [-0.2, -0.15) is 0 Å². The summed E-state index contributed by atoms with van der Waals surface area (Å²) >= 11 is 0. The molecule has 1 fully saturated rings. The molecule has 0 saturated carbocycles. The van der Waals surface area contributed by atoms with E-state index < -0.39 is 11.6 Å². The molecule has 29 heavy (non-hydrogen) atoms. The van der Waals surface area contributed by atoms with Gasteiger partial charge in [-0.05, 0) is 44.2 Å². The Kier molecular flexibility index (Phi) is 6.93. The Hall–Kier alpha value is -2.80. The summed E-state index contributed by atoms with van der Waals surface area (Å²) < 4.78 is 26.2. The maximum absolute atomic E-state index is 13.2. The molecule has 0 spiro atoms. The van der Waals surface area contributed by atoms with Crippen LogP contribution in [0.4, 0.5) is 14.5 Å². The van der Waals surface area contributed by atoms with Crippen molar-refractivity contribution in [1.29, 1.82) is 0 Å². The molecule has 1 aliphatic heterocycles. The molecule has 0 aliphatic carbocycles. The second-order valence-electron chi connectivity index (χ2n) is 7.28. The van der Waals surface area contributed by atoms with Gasteiger partial charge in [-0.15, -0.1) is 0 Å². The summed E-state index contributed by atoms with van der Waals surface area (Å²) in [5.41, 5.74) is 1.99. The highest BCUT2D eigenvalue weighted by molar-refractivity contribution is 5.94. The molecule has 0 radical (unpaired) electrons. The standard InChI is InChI=1S/C22H25F2N3O2/c1-16-4-2-5-17(14-16)22(29)27-10-3-9-26(12-13-27)11-8-21(28)25-18-6-7-19(23)20(24)15-18/h2,4-7,14-15H,3,8-13H2,1H3,(H,25,28). The number of hydrogen-bond acceptors (Lipinski definition) is 3. The summed E-state index contributed by atoms with van der Waals surface area (Å²) in [5.74, 6) is -2.16. The van der Waals surface area contributed by atoms with E-state index in [1.807, 2.05) is 36.1 Å². The van der Waals surface area contributed by atoms with Gasteiger partial charge in [-0.25, -0.2) is 8.78 Å². The van der Waals surface area contributed by atoms with Crippen LogP contribution >= 0.6 is 0 Å². The molecule has 1 saturated heterocycles. The van der Waals surface area contributed by atoms with Crippen LogP contribution in [-0.4, -0.2) is 54.3 Å². The average molecular weight is 401 g/mol. The van der Waals surface area contributed by atoms with Crippen molar-refractivity contribution in [2.45, 2.75) is 19.8 Å². The van der Waals surface area contributed by atoms with Gasteiger partial charge in [0.2, 0.25) is 5.91 Å². The number of rotatable bonds is 5. The molecule has 0 atom stereocenters. The van der Waals surface area contributed by atoms with Crippen molar-refractivity contribution in [3.63, 3.8) is 0 Å². The summed E-state index contributed by atoms with van der Waals surface area (Å²) in [6.07, 6.45) is 1.08. The van der Waals surface area contributed by atoms with Crippen LogP contribution in [0.15, 0.2) is 42.5 Å². The van der Waals surface area contributed by atoms with E-state index in [4.69, 9.17) is 0 Å². The summed E-state index contributed by atoms with van der Waals surface area (Å²) in [4.78, 5) is 28.8. The molecule has 7 heteroatoms. The van der Waals surface area contributed by atoms with Crippen LogP contribution < -0.4 is 5.32 Å². The van der Waals surface area contributed by atoms with E-state index >= 15 is 0 Å². The Morgan fingerprint density at radius 1 is 1.00 bits per heavy atom. The summed E-state index contributed by atoms with van der Waals surface area (Å²) in [6, 6.07) is 10.9. The van der Waals surface area contributed by atoms with Gasteiger partial charge in [-0.3, -0.25) is 9.59 Å². The van der Waals surface area contributed by atoms with Crippen molar-refractivity contribution in [3.8, 4) is 0 Å². The molecular weight excluding hydrogens is 376 g/mol. The van der Waals surface area contributed by atoms with Crippen LogP contribution in [-0.2, 0) is 4.79 Å². The van der Waals surface area contributed by atoms with Crippen molar-refractivity contribution in [1.82, 2.24) is 9.80 Å². The van der Waals surface area contributed by atoms with Crippen LogP contribution in [0, 0.1) is 18.6 Å². The van der Waals surface area contributed by atoms with Crippen LogP contribution in [0.5, 0.6) is 0 Å². The molecule has 0 unspecified atom stereocenters. The molecule has 5 nitrogen and oxygen atoms in total. The quantitative estimate of drug-likeness (QED) is 0.835. The molecule has 2 amide bonds. The maximum Gasteiger partial charge on any atom is 0.253 e. The highest BCUT2D eigenvalue weighted by Gasteiger charge is 2.20. The van der Waals surface area contributed by atoms with Gasteiger partial charge < -0.3 is 15.1 Å². The fraction of sp³-hybridized carbons (Fsp3) is 0.364. The van der Waals surface area contributed by atoms with Crippen molar-refractivity contribution >= 4 is 17.5 Å². The van der Waals surface area contributed by atoms with E-state index in [1.165, 1.54) is 6.07 Å². The fourth-order valence-electron chi connectivity index (χ4n) is 3.42. The highest BCUT2D eigenvalue weighted by Crippen LogP contribution is 2.14. The molecule has 3 rings (SSSR count). The molecule has 0 bridgehead atoms. The number of halogens is 2. The zero-order chi connectivity index (χ0) is 20.8. The minimum atomic E-state index is -0.992. The first kappa shape index (κ1) is 20.9. The van der Waals surface area contributed by atoms with E-state index in [-0.39, 0.29) is 23.9 Å². The summed E-state index contributed by atoms with van der Waals surface area (Å²) in [7, 11) is 0. The lowest BCUT2D eigenvalue weighted by molar-refractivity contribution is -0.116. The zero-order valence-electron chi connectivity index (χ0n) is 16.5. The third-order valence-electron chi connectivity index (χ3n) is 5.00. The van der Waals surface area contributed by atoms with Crippen molar-refractivity contribution in [2.75, 3.05) is 38.0 Å². The van der Waals surface area contributed by atoms with Gasteiger partial charge in [0.05, 0.1) is 0 Å². The SMILES string of the molecule is Cc1cccc(C(=O)N2CCCN(CCC(=O)Nc3ccc(F)c(F)c3)CC2)c1. The Balaban J connectivity index is 1.47. The normalized spacial score (nSPS) is 15.1. The number of nitrogens with one attached hydrogen (secondary N) is 1. The molecule has 2 aromatic carbocycles. The lowest BCUT2D eigenvalue weighted by Gasteiger charge is -2.22. The predicted molar refractivity (Wildman–Crippen MR) is 108 cm³/mol. The smallest absolute Gasteiger partial charge is 0.253 e. The van der Waals surface area contributed by atoms with E-state index in [0.29, 0.717) is 31.7 Å². The van der Waals surface area contributed by atoms with Crippen LogP contribution in [0.3, 0.4) is 0 Å². The maximum atomic E-state index is 13.2. The third-order valence-corrected chi connectivity index (χ3v) is 5.00. The Morgan fingerprint density at radius 3 is 2.59 bits per heavy atom. The Bertz CT molecular complexity index is 888. The van der Waals surface area contributed by atoms with Crippen molar-refractivity contribution < 1.29 is 18.4 Å². The first-order valence-corrected chi connectivity index (χ1v) is 9.75. The monoisotopic (exact) mass is 401 g/mol. The number of carbonyl (C=O) groups excluding carboxylic acids is 2. The topological polar surface area (TPSA) is 52.7 Å². The minimum absolute atomic E-state index is 0.0339. The van der Waals surface area contributed by atoms with Gasteiger partial charge in [-0.1, -0.05) is 17.7 Å². The lowest BCUT2D eigenvalue weighted by Crippen LogP contribution is -2.36. The number of anilines is 1. The predicted octanol–water partition coefficient (Wildman–Crippen LogP) is 3.45. The van der Waals surface area contributed by atoms with Crippen LogP contribution in [0.2, 0.25) is 0 Å².